The Morgan fingerprint density at radius 1 is 0.511 bits per heavy atom. The van der Waals surface area contributed by atoms with E-state index in [2.05, 4.69) is 117 Å². The maximum absolute atomic E-state index is 11.5. The van der Waals surface area contributed by atoms with Crippen LogP contribution in [0.25, 0.3) is 0 Å². The minimum atomic E-state index is -0.0606. The lowest BCUT2D eigenvalue weighted by atomic mass is 9.99. The summed E-state index contributed by atoms with van der Waals surface area (Å²) in [7, 11) is 3.55. The van der Waals surface area contributed by atoms with Crippen molar-refractivity contribution in [1.82, 2.24) is 0 Å². The van der Waals surface area contributed by atoms with Gasteiger partial charge in [-0.2, -0.15) is 0 Å². The maximum Gasteiger partial charge on any atom is 0.150 e. The van der Waals surface area contributed by atoms with E-state index in [9.17, 15) is 4.79 Å². The zero-order valence-electron chi connectivity index (χ0n) is 30.3. The van der Waals surface area contributed by atoms with Crippen LogP contribution in [0.4, 0.5) is 0 Å². The van der Waals surface area contributed by atoms with Crippen LogP contribution >= 0.6 is 0 Å². The van der Waals surface area contributed by atoms with Gasteiger partial charge < -0.3 is 9.47 Å². The second-order valence-corrected chi connectivity index (χ2v) is 13.0. The molecule has 0 fully saturated rings. The fraction of sp³-hybridized carbons (Fsp3) is 0.452. The Kier molecular flexibility index (Phi) is 22.3. The van der Waals surface area contributed by atoms with E-state index in [0.717, 1.165) is 56.0 Å². The Balaban J connectivity index is 4.82. The first-order chi connectivity index (χ1) is 21.2. The van der Waals surface area contributed by atoms with Crippen molar-refractivity contribution in [2.24, 2.45) is 0 Å². The summed E-state index contributed by atoms with van der Waals surface area (Å²) in [5.74, 6) is 0. The lowest BCUT2D eigenvalue weighted by Gasteiger charge is -2.22. The molecule has 0 saturated heterocycles. The first kappa shape index (κ1) is 41.7. The first-order valence-corrected chi connectivity index (χ1v) is 16.2. The fourth-order valence-electron chi connectivity index (χ4n) is 4.02. The summed E-state index contributed by atoms with van der Waals surface area (Å²) < 4.78 is 11.0. The zero-order chi connectivity index (χ0) is 34.1. The van der Waals surface area contributed by atoms with Gasteiger partial charge in [0.2, 0.25) is 0 Å². The highest BCUT2D eigenvalue weighted by Gasteiger charge is 2.15. The highest BCUT2D eigenvalue weighted by molar-refractivity contribution is 5.78. The minimum absolute atomic E-state index is 0.0495. The summed E-state index contributed by atoms with van der Waals surface area (Å²) in [4.78, 5) is 11.5. The standard InChI is InChI=1S/C42H62O3/c1-35(21-14-22-36(2)23-15-25-38(4)28-18-32-41(6,7)44-10)20-12-13-30-40(34-43)31-17-27-37(3)24-16-26-39(5)29-19-33-42(8,9)45-11/h12-17,20-27,30-31,34H,18-19,28-29,32-33H2,1-11H3/b13-12+,21-14+,23-15+,24-16+,31-17+,35-20+,36-22+,37-27+,38-25+,39-26+,40-30+. The molecule has 0 spiro atoms. The van der Waals surface area contributed by atoms with E-state index in [1.165, 1.54) is 16.7 Å². The van der Waals surface area contributed by atoms with E-state index < -0.39 is 0 Å². The Morgan fingerprint density at radius 2 is 0.867 bits per heavy atom. The molecule has 3 nitrogen and oxygen atoms in total. The van der Waals surface area contributed by atoms with Gasteiger partial charge in [0, 0.05) is 19.8 Å². The van der Waals surface area contributed by atoms with Crippen LogP contribution in [0.3, 0.4) is 0 Å². The molecule has 0 unspecified atom stereocenters. The van der Waals surface area contributed by atoms with Crippen LogP contribution < -0.4 is 0 Å². The Labute approximate surface area is 277 Å². The molecule has 0 aliphatic carbocycles. The van der Waals surface area contributed by atoms with E-state index in [1.54, 1.807) is 14.2 Å². The molecule has 0 rings (SSSR count). The average Bonchev–Trinajstić information content (AvgIpc) is 2.98. The van der Waals surface area contributed by atoms with Gasteiger partial charge in [0.1, 0.15) is 6.29 Å². The molecule has 0 bridgehead atoms. The summed E-state index contributed by atoms with van der Waals surface area (Å²) in [5.41, 5.74) is 6.66. The fourth-order valence-corrected chi connectivity index (χ4v) is 4.02. The zero-order valence-corrected chi connectivity index (χ0v) is 30.3. The number of hydrogen-bond acceptors (Lipinski definition) is 3. The predicted octanol–water partition coefficient (Wildman–Crippen LogP) is 11.8. The molecule has 0 aromatic heterocycles. The Hall–Kier alpha value is -3.27. The van der Waals surface area contributed by atoms with Gasteiger partial charge in [-0.25, -0.2) is 0 Å². The lowest BCUT2D eigenvalue weighted by molar-refractivity contribution is -0.104. The molecule has 0 aliphatic heterocycles. The molecule has 0 amide bonds. The van der Waals surface area contributed by atoms with Crippen molar-refractivity contribution >= 4 is 6.29 Å². The van der Waals surface area contributed by atoms with Gasteiger partial charge in [-0.3, -0.25) is 4.79 Å². The van der Waals surface area contributed by atoms with Crippen LogP contribution in [-0.2, 0) is 14.3 Å². The molecule has 3 heteroatoms. The summed E-state index contributed by atoms with van der Waals surface area (Å²) in [5, 5.41) is 0. The summed E-state index contributed by atoms with van der Waals surface area (Å²) in [6.07, 6.45) is 39.8. The van der Waals surface area contributed by atoms with Crippen LogP contribution in [0.5, 0.6) is 0 Å². The molecule has 0 saturated carbocycles. The topological polar surface area (TPSA) is 35.5 Å². The SMILES string of the molecule is COC(C)(C)CCC/C(C)=C/C=C/C(C)=C/C=C/C(C)=C/C=C/C=C(C=O)\C=C\C=C(C)\C=C\C=C(/C)CCCC(C)(C)OC. The normalized spacial score (nSPS) is 15.7. The molecule has 0 radical (unpaired) electrons. The van der Waals surface area contributed by atoms with E-state index in [4.69, 9.17) is 9.47 Å². The van der Waals surface area contributed by atoms with Crippen molar-refractivity contribution in [3.63, 3.8) is 0 Å². The average molecular weight is 615 g/mol. The van der Waals surface area contributed by atoms with Gasteiger partial charge in [0.15, 0.2) is 0 Å². The largest absolute Gasteiger partial charge is 0.379 e. The second-order valence-electron chi connectivity index (χ2n) is 13.0. The van der Waals surface area contributed by atoms with Gasteiger partial charge in [-0.15, -0.1) is 0 Å². The second kappa shape index (κ2) is 24.0. The number of ether oxygens (including phenoxy) is 2. The molecular weight excluding hydrogens is 552 g/mol. The number of methoxy groups -OCH3 is 2. The molecule has 0 N–H and O–H groups in total. The maximum atomic E-state index is 11.5. The van der Waals surface area contributed by atoms with Crippen LogP contribution in [0.15, 0.2) is 131 Å². The molecule has 0 aliphatic rings. The number of hydrogen-bond donors (Lipinski definition) is 0. The summed E-state index contributed by atoms with van der Waals surface area (Å²) >= 11 is 0. The van der Waals surface area contributed by atoms with Crippen LogP contribution in [0.2, 0.25) is 0 Å². The Bertz CT molecular complexity index is 1210. The third-order valence-electron chi connectivity index (χ3n) is 7.55. The highest BCUT2D eigenvalue weighted by Crippen LogP contribution is 2.20. The van der Waals surface area contributed by atoms with Gasteiger partial charge in [0.05, 0.1) is 11.2 Å². The van der Waals surface area contributed by atoms with Crippen molar-refractivity contribution in [3.8, 4) is 0 Å². The van der Waals surface area contributed by atoms with Crippen molar-refractivity contribution in [2.45, 2.75) is 112 Å². The minimum Gasteiger partial charge on any atom is -0.379 e. The number of carbonyl (C=O) groups excluding carboxylic acids is 1. The quantitative estimate of drug-likeness (QED) is 0.0733. The van der Waals surface area contributed by atoms with E-state index in [-0.39, 0.29) is 11.2 Å². The van der Waals surface area contributed by atoms with E-state index in [1.807, 2.05) is 42.5 Å². The van der Waals surface area contributed by atoms with Gasteiger partial charge in [0.25, 0.3) is 0 Å². The molecule has 248 valence electrons. The molecule has 0 aromatic carbocycles. The number of carbonyl (C=O) groups is 1. The lowest BCUT2D eigenvalue weighted by Crippen LogP contribution is -2.21. The van der Waals surface area contributed by atoms with Crippen molar-refractivity contribution in [2.75, 3.05) is 14.2 Å². The summed E-state index contributed by atoms with van der Waals surface area (Å²) in [6.45, 7) is 19.1. The number of allylic oxidation sites excluding steroid dienone is 22. The Morgan fingerprint density at radius 3 is 1.27 bits per heavy atom. The van der Waals surface area contributed by atoms with Crippen LogP contribution in [0, 0.1) is 0 Å². The van der Waals surface area contributed by atoms with Gasteiger partial charge in [-0.1, -0.05) is 125 Å². The smallest absolute Gasteiger partial charge is 0.150 e. The van der Waals surface area contributed by atoms with Gasteiger partial charge in [-0.05, 0) is 101 Å². The third kappa shape index (κ3) is 24.7. The van der Waals surface area contributed by atoms with Crippen LogP contribution in [-0.4, -0.2) is 31.7 Å². The van der Waals surface area contributed by atoms with Crippen molar-refractivity contribution in [1.29, 1.82) is 0 Å². The number of rotatable bonds is 21. The predicted molar refractivity (Wildman–Crippen MR) is 199 cm³/mol. The monoisotopic (exact) mass is 614 g/mol. The van der Waals surface area contributed by atoms with E-state index in [0.29, 0.717) is 5.57 Å². The molecular formula is C42H62O3. The summed E-state index contributed by atoms with van der Waals surface area (Å²) in [6, 6.07) is 0. The number of aldehydes is 1. The molecule has 0 aromatic rings. The first-order valence-electron chi connectivity index (χ1n) is 16.2. The highest BCUT2D eigenvalue weighted by atomic mass is 16.5. The van der Waals surface area contributed by atoms with Crippen molar-refractivity contribution in [3.05, 3.63) is 131 Å². The van der Waals surface area contributed by atoms with Crippen molar-refractivity contribution < 1.29 is 14.3 Å². The van der Waals surface area contributed by atoms with E-state index >= 15 is 0 Å². The third-order valence-corrected chi connectivity index (χ3v) is 7.55. The molecule has 45 heavy (non-hydrogen) atoms. The molecule has 0 atom stereocenters. The van der Waals surface area contributed by atoms with Gasteiger partial charge >= 0.3 is 0 Å². The van der Waals surface area contributed by atoms with Crippen LogP contribution in [0.1, 0.15) is 101 Å². The molecule has 0 heterocycles.